The molecule has 0 aliphatic carbocycles. The van der Waals surface area contributed by atoms with Crippen molar-refractivity contribution in [1.29, 1.82) is 0 Å². The Labute approximate surface area is 199 Å². The number of ether oxygens (including phenoxy) is 2. The van der Waals surface area contributed by atoms with Crippen molar-refractivity contribution in [3.63, 3.8) is 0 Å². The number of hydrogen-bond donors (Lipinski definition) is 1. The second-order valence-corrected chi connectivity index (χ2v) is 10.2. The molecule has 1 heterocycles. The van der Waals surface area contributed by atoms with Gasteiger partial charge in [0, 0.05) is 27.8 Å². The molecule has 7 nitrogen and oxygen atoms in total. The Hall–Kier alpha value is -2.59. The minimum Gasteiger partial charge on any atom is -0.454 e. The number of sulfonamides is 1. The van der Waals surface area contributed by atoms with Crippen LogP contribution in [0.1, 0.15) is 5.56 Å². The standard InChI is InChI=1S/C22H18BrClN2O5S/c23-16-5-8-18(9-6-16)32(28,29)26(12-15-3-1-2-4-19(15)24)13-22(27)25-17-7-10-20-21(11-17)31-14-30-20/h1-11H,12-14H2,(H,25,27). The Kier molecular flexibility index (Phi) is 6.71. The maximum Gasteiger partial charge on any atom is 0.243 e. The van der Waals surface area contributed by atoms with Gasteiger partial charge in [0.25, 0.3) is 0 Å². The first-order chi connectivity index (χ1) is 15.3. The van der Waals surface area contributed by atoms with Gasteiger partial charge in [-0.1, -0.05) is 45.7 Å². The van der Waals surface area contributed by atoms with Crippen LogP contribution in [0.3, 0.4) is 0 Å². The maximum atomic E-state index is 13.4. The predicted molar refractivity (Wildman–Crippen MR) is 124 cm³/mol. The number of amides is 1. The molecule has 1 N–H and O–H groups in total. The number of benzene rings is 3. The number of hydrogen-bond acceptors (Lipinski definition) is 5. The lowest BCUT2D eigenvalue weighted by atomic mass is 10.2. The van der Waals surface area contributed by atoms with Crippen molar-refractivity contribution in [2.75, 3.05) is 18.7 Å². The van der Waals surface area contributed by atoms with E-state index in [-0.39, 0.29) is 18.2 Å². The zero-order valence-corrected chi connectivity index (χ0v) is 19.8. The zero-order chi connectivity index (χ0) is 22.7. The van der Waals surface area contributed by atoms with E-state index in [9.17, 15) is 13.2 Å². The van der Waals surface area contributed by atoms with Crippen molar-refractivity contribution < 1.29 is 22.7 Å². The van der Waals surface area contributed by atoms with Crippen molar-refractivity contribution >= 4 is 49.1 Å². The fourth-order valence-corrected chi connectivity index (χ4v) is 4.97. The van der Waals surface area contributed by atoms with Crippen LogP contribution in [0.5, 0.6) is 11.5 Å². The van der Waals surface area contributed by atoms with Gasteiger partial charge in [-0.25, -0.2) is 8.42 Å². The van der Waals surface area contributed by atoms with Crippen LogP contribution in [0.15, 0.2) is 76.1 Å². The van der Waals surface area contributed by atoms with E-state index in [2.05, 4.69) is 21.2 Å². The van der Waals surface area contributed by atoms with E-state index >= 15 is 0 Å². The van der Waals surface area contributed by atoms with Gasteiger partial charge in [-0.3, -0.25) is 4.79 Å². The van der Waals surface area contributed by atoms with Crippen LogP contribution in [0, 0.1) is 0 Å². The fourth-order valence-electron chi connectivity index (χ4n) is 3.13. The van der Waals surface area contributed by atoms with Crippen LogP contribution in [-0.2, 0) is 21.4 Å². The van der Waals surface area contributed by atoms with Gasteiger partial charge in [-0.15, -0.1) is 0 Å². The minimum atomic E-state index is -3.98. The largest absolute Gasteiger partial charge is 0.454 e. The van der Waals surface area contributed by atoms with Gasteiger partial charge in [-0.05, 0) is 48.0 Å². The lowest BCUT2D eigenvalue weighted by Crippen LogP contribution is -2.37. The lowest BCUT2D eigenvalue weighted by molar-refractivity contribution is -0.116. The molecule has 0 saturated heterocycles. The van der Waals surface area contributed by atoms with E-state index in [1.54, 1.807) is 54.6 Å². The summed E-state index contributed by atoms with van der Waals surface area (Å²) in [7, 11) is -3.98. The predicted octanol–water partition coefficient (Wildman–Crippen LogP) is 4.66. The second-order valence-electron chi connectivity index (χ2n) is 6.93. The number of halogens is 2. The SMILES string of the molecule is O=C(CN(Cc1ccccc1Cl)S(=O)(=O)c1ccc(Br)cc1)Nc1ccc2c(c1)OCO2. The summed E-state index contributed by atoms with van der Waals surface area (Å²) in [5.41, 5.74) is 1.06. The first-order valence-corrected chi connectivity index (χ1v) is 12.1. The molecule has 3 aromatic carbocycles. The van der Waals surface area contributed by atoms with E-state index in [0.717, 1.165) is 8.78 Å². The Bertz CT molecular complexity index is 1250. The number of anilines is 1. The van der Waals surface area contributed by atoms with Gasteiger partial charge in [0.2, 0.25) is 22.7 Å². The van der Waals surface area contributed by atoms with Gasteiger partial charge >= 0.3 is 0 Å². The first-order valence-electron chi connectivity index (χ1n) is 9.51. The molecule has 0 bridgehead atoms. The molecule has 4 rings (SSSR count). The molecule has 10 heteroatoms. The van der Waals surface area contributed by atoms with Crippen LogP contribution < -0.4 is 14.8 Å². The molecule has 32 heavy (non-hydrogen) atoms. The average molecular weight is 538 g/mol. The molecular formula is C22H18BrClN2O5S. The first kappa shape index (κ1) is 22.6. The van der Waals surface area contributed by atoms with Crippen molar-refractivity contribution in [2.45, 2.75) is 11.4 Å². The van der Waals surface area contributed by atoms with E-state index in [4.69, 9.17) is 21.1 Å². The molecule has 0 fully saturated rings. The highest BCUT2D eigenvalue weighted by Gasteiger charge is 2.28. The van der Waals surface area contributed by atoms with Crippen LogP contribution in [0.2, 0.25) is 5.02 Å². The third-order valence-electron chi connectivity index (χ3n) is 4.73. The highest BCUT2D eigenvalue weighted by Crippen LogP contribution is 2.34. The highest BCUT2D eigenvalue weighted by atomic mass is 79.9. The van der Waals surface area contributed by atoms with Crippen LogP contribution in [0.4, 0.5) is 5.69 Å². The van der Waals surface area contributed by atoms with Crippen molar-refractivity contribution in [2.24, 2.45) is 0 Å². The summed E-state index contributed by atoms with van der Waals surface area (Å²) in [5, 5.41) is 3.13. The highest BCUT2D eigenvalue weighted by molar-refractivity contribution is 9.10. The van der Waals surface area contributed by atoms with Crippen molar-refractivity contribution in [3.05, 3.63) is 81.8 Å². The van der Waals surface area contributed by atoms with Crippen molar-refractivity contribution in [1.82, 2.24) is 4.31 Å². The van der Waals surface area contributed by atoms with Crippen LogP contribution >= 0.6 is 27.5 Å². The van der Waals surface area contributed by atoms with Gasteiger partial charge < -0.3 is 14.8 Å². The summed E-state index contributed by atoms with van der Waals surface area (Å²) < 4.78 is 39.1. The van der Waals surface area contributed by atoms with E-state index in [1.165, 1.54) is 12.1 Å². The molecule has 1 aliphatic rings. The number of carbonyl (C=O) groups excluding carboxylic acids is 1. The van der Waals surface area contributed by atoms with Crippen molar-refractivity contribution in [3.8, 4) is 11.5 Å². The number of rotatable bonds is 7. The quantitative estimate of drug-likeness (QED) is 0.474. The van der Waals surface area contributed by atoms with E-state index < -0.39 is 22.5 Å². The molecule has 0 saturated carbocycles. The Morgan fingerprint density at radius 2 is 1.75 bits per heavy atom. The van der Waals surface area contributed by atoms with Crippen LogP contribution in [0.25, 0.3) is 0 Å². The Morgan fingerprint density at radius 1 is 1.03 bits per heavy atom. The lowest BCUT2D eigenvalue weighted by Gasteiger charge is -2.22. The van der Waals surface area contributed by atoms with E-state index in [0.29, 0.717) is 27.8 Å². The molecule has 1 amide bonds. The van der Waals surface area contributed by atoms with Gasteiger partial charge in [0.05, 0.1) is 11.4 Å². The number of nitrogens with one attached hydrogen (secondary N) is 1. The number of carbonyl (C=O) groups is 1. The van der Waals surface area contributed by atoms with E-state index in [1.807, 2.05) is 0 Å². The molecule has 0 aromatic heterocycles. The fraction of sp³-hybridized carbons (Fsp3) is 0.136. The topological polar surface area (TPSA) is 84.9 Å². The van der Waals surface area contributed by atoms with Gasteiger partial charge in [0.1, 0.15) is 0 Å². The summed E-state index contributed by atoms with van der Waals surface area (Å²) in [6.45, 7) is -0.353. The van der Waals surface area contributed by atoms with Crippen LogP contribution in [-0.4, -0.2) is 32.0 Å². The monoisotopic (exact) mass is 536 g/mol. The minimum absolute atomic E-state index is 0.0629. The van der Waals surface area contributed by atoms with Gasteiger partial charge in [-0.2, -0.15) is 4.31 Å². The molecule has 0 atom stereocenters. The molecule has 166 valence electrons. The summed E-state index contributed by atoms with van der Waals surface area (Å²) in [4.78, 5) is 12.9. The third kappa shape index (κ3) is 5.07. The second kappa shape index (κ2) is 9.50. The van der Waals surface area contributed by atoms with Gasteiger partial charge in [0.15, 0.2) is 11.5 Å². The summed E-state index contributed by atoms with van der Waals surface area (Å²) >= 11 is 9.55. The third-order valence-corrected chi connectivity index (χ3v) is 7.44. The molecule has 0 radical (unpaired) electrons. The smallest absolute Gasteiger partial charge is 0.243 e. The molecule has 3 aromatic rings. The normalized spacial score (nSPS) is 12.7. The molecular weight excluding hydrogens is 520 g/mol. The summed E-state index contributed by atoms with van der Waals surface area (Å²) in [5.74, 6) is 0.593. The molecule has 0 spiro atoms. The summed E-state index contributed by atoms with van der Waals surface area (Å²) in [6.07, 6.45) is 0. The Morgan fingerprint density at radius 3 is 2.50 bits per heavy atom. The summed E-state index contributed by atoms with van der Waals surface area (Å²) in [6, 6.07) is 18.1. The average Bonchev–Trinajstić information content (AvgIpc) is 3.23. The molecule has 0 unspecified atom stereocenters. The number of nitrogens with zero attached hydrogens (tertiary/aromatic N) is 1. The zero-order valence-electron chi connectivity index (χ0n) is 16.6. The molecule has 1 aliphatic heterocycles. The number of fused-ring (bicyclic) bond motifs is 1. The Balaban J connectivity index is 1.59. The maximum absolute atomic E-state index is 13.4.